The largest absolute Gasteiger partial charge is 0.223 e. The van der Waals surface area contributed by atoms with Crippen molar-refractivity contribution in [1.29, 1.82) is 5.26 Å². The molecular formula is C8H5ClFNO2S. The fraction of sp³-hybridized carbons (Fsp3) is 0.125. The monoisotopic (exact) mass is 233 g/mol. The molecule has 0 aliphatic rings. The molecule has 0 saturated carbocycles. The Labute approximate surface area is 85.6 Å². The first-order valence-electron chi connectivity index (χ1n) is 3.52. The second-order valence-electron chi connectivity index (χ2n) is 2.49. The molecule has 1 aromatic rings. The van der Waals surface area contributed by atoms with Gasteiger partial charge in [-0.2, -0.15) is 5.26 Å². The molecule has 0 aliphatic heterocycles. The van der Waals surface area contributed by atoms with E-state index in [1.54, 1.807) is 0 Å². The van der Waals surface area contributed by atoms with Crippen molar-refractivity contribution in [3.63, 3.8) is 0 Å². The molecule has 0 spiro atoms. The summed E-state index contributed by atoms with van der Waals surface area (Å²) in [6.45, 7) is 0. The Balaban J connectivity index is 3.29. The van der Waals surface area contributed by atoms with Crippen molar-refractivity contribution in [2.24, 2.45) is 0 Å². The van der Waals surface area contributed by atoms with E-state index in [1.165, 1.54) is 12.1 Å². The van der Waals surface area contributed by atoms with E-state index < -0.39 is 26.3 Å². The summed E-state index contributed by atoms with van der Waals surface area (Å²) >= 11 is 5.44. The molecule has 1 aromatic carbocycles. The van der Waals surface area contributed by atoms with Gasteiger partial charge in [0.25, 0.3) is 0 Å². The highest BCUT2D eigenvalue weighted by Crippen LogP contribution is 2.19. The molecule has 3 nitrogen and oxygen atoms in total. The lowest BCUT2D eigenvalue weighted by Crippen LogP contribution is -2.07. The van der Waals surface area contributed by atoms with Crippen molar-refractivity contribution in [2.45, 2.75) is 4.90 Å². The maximum Gasteiger partial charge on any atom is 0.194 e. The summed E-state index contributed by atoms with van der Waals surface area (Å²) in [6, 6.07) is 4.66. The minimum atomic E-state index is -3.85. The van der Waals surface area contributed by atoms with Crippen molar-refractivity contribution in [3.8, 4) is 6.07 Å². The van der Waals surface area contributed by atoms with Crippen LogP contribution in [0.5, 0.6) is 0 Å². The number of nitrogens with zero attached hydrogens (tertiary/aromatic N) is 1. The standard InChI is InChI=1S/C8H5ClFNO2S/c9-6-1-2-8(7(10)5-6)14(12,13)4-3-11/h1-2,5H,4H2. The van der Waals surface area contributed by atoms with Gasteiger partial charge in [-0.15, -0.1) is 0 Å². The number of sulfone groups is 1. The number of hydrogen-bond donors (Lipinski definition) is 0. The smallest absolute Gasteiger partial charge is 0.194 e. The Morgan fingerprint density at radius 3 is 2.64 bits per heavy atom. The van der Waals surface area contributed by atoms with Crippen molar-refractivity contribution in [1.82, 2.24) is 0 Å². The van der Waals surface area contributed by atoms with Gasteiger partial charge >= 0.3 is 0 Å². The fourth-order valence-electron chi connectivity index (χ4n) is 0.890. The first-order valence-corrected chi connectivity index (χ1v) is 5.55. The average Bonchev–Trinajstić information content (AvgIpc) is 2.02. The fourth-order valence-corrected chi connectivity index (χ4v) is 2.01. The summed E-state index contributed by atoms with van der Waals surface area (Å²) in [7, 11) is -3.85. The highest BCUT2D eigenvalue weighted by atomic mass is 35.5. The van der Waals surface area contributed by atoms with Crippen LogP contribution in [0.2, 0.25) is 5.02 Å². The Morgan fingerprint density at radius 2 is 2.14 bits per heavy atom. The van der Waals surface area contributed by atoms with Crippen LogP contribution in [0, 0.1) is 17.1 Å². The van der Waals surface area contributed by atoms with Crippen LogP contribution in [0.3, 0.4) is 0 Å². The number of rotatable bonds is 2. The van der Waals surface area contributed by atoms with Gasteiger partial charge in [0.15, 0.2) is 9.84 Å². The molecule has 0 aromatic heterocycles. The molecular weight excluding hydrogens is 229 g/mol. The van der Waals surface area contributed by atoms with E-state index in [4.69, 9.17) is 16.9 Å². The number of benzene rings is 1. The van der Waals surface area contributed by atoms with E-state index in [-0.39, 0.29) is 5.02 Å². The van der Waals surface area contributed by atoms with Gasteiger partial charge in [-0.1, -0.05) is 11.6 Å². The Morgan fingerprint density at radius 1 is 1.50 bits per heavy atom. The Kier molecular flexibility index (Phi) is 3.09. The topological polar surface area (TPSA) is 57.9 Å². The molecule has 0 fully saturated rings. The maximum absolute atomic E-state index is 13.1. The maximum atomic E-state index is 13.1. The van der Waals surface area contributed by atoms with Gasteiger partial charge in [-0.25, -0.2) is 12.8 Å². The lowest BCUT2D eigenvalue weighted by Gasteiger charge is -2.01. The van der Waals surface area contributed by atoms with Gasteiger partial charge in [-0.3, -0.25) is 0 Å². The van der Waals surface area contributed by atoms with Crippen molar-refractivity contribution in [2.75, 3.05) is 5.75 Å². The highest BCUT2D eigenvalue weighted by molar-refractivity contribution is 7.91. The minimum Gasteiger partial charge on any atom is -0.223 e. The zero-order valence-corrected chi connectivity index (χ0v) is 8.44. The SMILES string of the molecule is N#CCS(=O)(=O)c1ccc(Cl)cc1F. The summed E-state index contributed by atoms with van der Waals surface area (Å²) in [4.78, 5) is -0.497. The van der Waals surface area contributed by atoms with E-state index in [0.29, 0.717) is 0 Å². The lowest BCUT2D eigenvalue weighted by atomic mass is 10.3. The summed E-state index contributed by atoms with van der Waals surface area (Å²) < 4.78 is 35.6. The third kappa shape index (κ3) is 2.22. The van der Waals surface area contributed by atoms with Crippen LogP contribution in [-0.4, -0.2) is 14.2 Å². The third-order valence-electron chi connectivity index (χ3n) is 1.48. The molecule has 0 bridgehead atoms. The Bertz CT molecular complexity index is 493. The van der Waals surface area contributed by atoms with Gasteiger partial charge in [-0.05, 0) is 18.2 Å². The average molecular weight is 234 g/mol. The first kappa shape index (κ1) is 11.0. The number of halogens is 2. The van der Waals surface area contributed by atoms with Crippen molar-refractivity contribution >= 4 is 21.4 Å². The van der Waals surface area contributed by atoms with E-state index >= 15 is 0 Å². The second kappa shape index (κ2) is 3.95. The summed E-state index contributed by atoms with van der Waals surface area (Å²) in [5.74, 6) is -1.68. The molecule has 0 heterocycles. The van der Waals surface area contributed by atoms with Gasteiger partial charge in [0.05, 0.1) is 6.07 Å². The zero-order chi connectivity index (χ0) is 10.8. The van der Waals surface area contributed by atoms with Crippen LogP contribution in [0.4, 0.5) is 4.39 Å². The number of hydrogen-bond acceptors (Lipinski definition) is 3. The number of nitriles is 1. The van der Waals surface area contributed by atoms with Gasteiger partial charge in [0.1, 0.15) is 16.5 Å². The predicted octanol–water partition coefficient (Wildman–Crippen LogP) is 1.78. The van der Waals surface area contributed by atoms with Crippen LogP contribution in [0.15, 0.2) is 23.1 Å². The molecule has 0 N–H and O–H groups in total. The van der Waals surface area contributed by atoms with E-state index in [1.807, 2.05) is 0 Å². The molecule has 0 amide bonds. The molecule has 0 unspecified atom stereocenters. The first-order chi connectivity index (χ1) is 6.47. The van der Waals surface area contributed by atoms with Crippen LogP contribution in [0.25, 0.3) is 0 Å². The molecule has 0 radical (unpaired) electrons. The van der Waals surface area contributed by atoms with Crippen LogP contribution >= 0.6 is 11.6 Å². The zero-order valence-electron chi connectivity index (χ0n) is 6.87. The molecule has 0 aliphatic carbocycles. The second-order valence-corrected chi connectivity index (χ2v) is 4.89. The summed E-state index contributed by atoms with van der Waals surface area (Å²) in [6.07, 6.45) is 0. The molecule has 6 heteroatoms. The third-order valence-corrected chi connectivity index (χ3v) is 3.23. The van der Waals surface area contributed by atoms with Gasteiger partial charge in [0, 0.05) is 5.02 Å². The van der Waals surface area contributed by atoms with Crippen molar-refractivity contribution in [3.05, 3.63) is 29.0 Å². The normalized spacial score (nSPS) is 10.9. The van der Waals surface area contributed by atoms with Gasteiger partial charge < -0.3 is 0 Å². The van der Waals surface area contributed by atoms with E-state index in [2.05, 4.69) is 0 Å². The van der Waals surface area contributed by atoms with E-state index in [9.17, 15) is 12.8 Å². The quantitative estimate of drug-likeness (QED) is 0.782. The van der Waals surface area contributed by atoms with Crippen LogP contribution in [0.1, 0.15) is 0 Å². The van der Waals surface area contributed by atoms with Crippen LogP contribution < -0.4 is 0 Å². The molecule has 1 rings (SSSR count). The van der Waals surface area contributed by atoms with Crippen LogP contribution in [-0.2, 0) is 9.84 Å². The van der Waals surface area contributed by atoms with Gasteiger partial charge in [0.2, 0.25) is 0 Å². The summed E-state index contributed by atoms with van der Waals surface area (Å²) in [5, 5.41) is 8.34. The summed E-state index contributed by atoms with van der Waals surface area (Å²) in [5.41, 5.74) is 0. The van der Waals surface area contributed by atoms with E-state index in [0.717, 1.165) is 12.1 Å². The lowest BCUT2D eigenvalue weighted by molar-refractivity contribution is 0.569. The predicted molar refractivity (Wildman–Crippen MR) is 49.1 cm³/mol. The minimum absolute atomic E-state index is 0.110. The Hall–Kier alpha value is -1.12. The molecule has 14 heavy (non-hydrogen) atoms. The molecule has 74 valence electrons. The van der Waals surface area contributed by atoms with Crippen molar-refractivity contribution < 1.29 is 12.8 Å². The molecule has 0 saturated heterocycles. The highest BCUT2D eigenvalue weighted by Gasteiger charge is 2.18. The molecule has 0 atom stereocenters.